The van der Waals surface area contributed by atoms with Crippen LogP contribution in [0.15, 0.2) is 58.5 Å². The van der Waals surface area contributed by atoms with Crippen molar-refractivity contribution in [3.63, 3.8) is 0 Å². The number of thiazole rings is 1. The summed E-state index contributed by atoms with van der Waals surface area (Å²) in [6, 6.07) is 12.5. The average Bonchev–Trinajstić information content (AvgIpc) is 3.14. The molecule has 3 N–H and O–H groups in total. The van der Waals surface area contributed by atoms with Gasteiger partial charge < -0.3 is 20.5 Å². The van der Waals surface area contributed by atoms with Gasteiger partial charge in [0.25, 0.3) is 17.0 Å². The summed E-state index contributed by atoms with van der Waals surface area (Å²) >= 11 is 2.63. The van der Waals surface area contributed by atoms with E-state index in [0.29, 0.717) is 16.8 Å². The summed E-state index contributed by atoms with van der Waals surface area (Å²) in [6.07, 6.45) is 1.52. The van der Waals surface area contributed by atoms with Crippen LogP contribution >= 0.6 is 23.1 Å². The molecule has 10 heteroatoms. The molecule has 0 atom stereocenters. The lowest BCUT2D eigenvalue weighted by atomic mass is 10.1. The monoisotopic (exact) mass is 441 g/mol. The number of ether oxygens (including phenoxy) is 1. The van der Waals surface area contributed by atoms with Gasteiger partial charge >= 0.3 is 5.97 Å². The van der Waals surface area contributed by atoms with Crippen LogP contribution in [0.4, 0.5) is 5.69 Å². The van der Waals surface area contributed by atoms with Gasteiger partial charge in [0.2, 0.25) is 0 Å². The summed E-state index contributed by atoms with van der Waals surface area (Å²) in [4.78, 5) is 42.0. The molecule has 3 aromatic rings. The molecule has 152 valence electrons. The molecule has 8 nitrogen and oxygen atoms in total. The van der Waals surface area contributed by atoms with Crippen LogP contribution in [0.1, 0.15) is 25.6 Å². The van der Waals surface area contributed by atoms with Gasteiger partial charge in [-0.25, -0.2) is 9.78 Å². The van der Waals surface area contributed by atoms with Gasteiger partial charge in [-0.2, -0.15) is 0 Å². The number of nitrogens with zero attached hydrogens (tertiary/aromatic N) is 1. The number of carboxylic acid groups (broad SMARTS) is 1. The second-order valence-corrected chi connectivity index (χ2v) is 8.38. The van der Waals surface area contributed by atoms with Crippen molar-refractivity contribution in [2.24, 2.45) is 0 Å². The van der Waals surface area contributed by atoms with Gasteiger partial charge in [0, 0.05) is 26.4 Å². The molecule has 2 aromatic carbocycles. The predicted molar refractivity (Wildman–Crippen MR) is 111 cm³/mol. The molecule has 0 fully saturated rings. The van der Waals surface area contributed by atoms with Crippen LogP contribution in [0.2, 0.25) is 0 Å². The Labute approximate surface area is 179 Å². The smallest absolute Gasteiger partial charge is 0.341 e. The van der Waals surface area contributed by atoms with Gasteiger partial charge in [-0.3, -0.25) is 9.59 Å². The first-order valence-corrected chi connectivity index (χ1v) is 10.4. The largest absolute Gasteiger partial charge is 0.479 e. The van der Waals surface area contributed by atoms with Crippen LogP contribution in [0, 0.1) is 0 Å². The van der Waals surface area contributed by atoms with Crippen molar-refractivity contribution >= 4 is 46.6 Å². The summed E-state index contributed by atoms with van der Waals surface area (Å²) in [5.41, 5.74) is 1.58. The number of hydrogen-bond acceptors (Lipinski definition) is 7. The minimum absolute atomic E-state index is 0.215. The van der Waals surface area contributed by atoms with Crippen LogP contribution in [-0.4, -0.2) is 34.5 Å². The molecule has 4 rings (SSSR count). The maximum absolute atomic E-state index is 12.6. The quantitative estimate of drug-likeness (QED) is 0.537. The number of hydrogen-bond donors (Lipinski definition) is 3. The Hall–Kier alpha value is -3.37. The van der Waals surface area contributed by atoms with Crippen molar-refractivity contribution in [1.82, 2.24) is 10.3 Å². The molecule has 1 aromatic heterocycles. The number of benzene rings is 2. The van der Waals surface area contributed by atoms with E-state index in [-0.39, 0.29) is 23.6 Å². The third kappa shape index (κ3) is 4.44. The Kier molecular flexibility index (Phi) is 5.68. The van der Waals surface area contributed by atoms with Gasteiger partial charge in [0.15, 0.2) is 6.61 Å². The molecular weight excluding hydrogens is 426 g/mol. The molecule has 0 radical (unpaired) electrons. The zero-order valence-electron chi connectivity index (χ0n) is 15.4. The number of carbonyl (C=O) groups excluding carboxylic acids is 2. The van der Waals surface area contributed by atoms with Crippen LogP contribution in [0.25, 0.3) is 0 Å². The predicted octanol–water partition coefficient (Wildman–Crippen LogP) is 3.25. The molecule has 0 saturated heterocycles. The van der Waals surface area contributed by atoms with E-state index in [1.807, 2.05) is 24.3 Å². The van der Waals surface area contributed by atoms with Crippen LogP contribution in [-0.2, 0) is 11.3 Å². The highest BCUT2D eigenvalue weighted by molar-refractivity contribution is 7.99. The molecule has 0 aliphatic carbocycles. The summed E-state index contributed by atoms with van der Waals surface area (Å²) in [7, 11) is 0. The lowest BCUT2D eigenvalue weighted by molar-refractivity contribution is -0.139. The fraction of sp³-hybridized carbons (Fsp3) is 0.100. The number of anilines is 1. The van der Waals surface area contributed by atoms with E-state index in [2.05, 4.69) is 15.6 Å². The van der Waals surface area contributed by atoms with Crippen molar-refractivity contribution in [2.45, 2.75) is 16.3 Å². The van der Waals surface area contributed by atoms with E-state index < -0.39 is 12.6 Å². The van der Waals surface area contributed by atoms with E-state index in [9.17, 15) is 14.4 Å². The highest BCUT2D eigenvalue weighted by Crippen LogP contribution is 2.39. The molecule has 1 aliphatic rings. The Morgan fingerprint density at radius 3 is 2.83 bits per heavy atom. The molecule has 0 saturated carbocycles. The lowest BCUT2D eigenvalue weighted by Crippen LogP contribution is -2.22. The topological polar surface area (TPSA) is 118 Å². The summed E-state index contributed by atoms with van der Waals surface area (Å²) in [5.74, 6) is -1.61. The summed E-state index contributed by atoms with van der Waals surface area (Å²) < 4.78 is 5.00. The standard InChI is InChI=1S/C20H15N3O5S2/c24-17(25)10-28-20-22-9-12(29-20)8-21-18(26)11-5-6-16-14(7-11)23-19(27)13-3-1-2-4-15(13)30-16/h1-7,9H,8,10H2,(H,21,26)(H,23,27)(H,24,25). The van der Waals surface area contributed by atoms with E-state index in [4.69, 9.17) is 9.84 Å². The Morgan fingerprint density at radius 2 is 2.00 bits per heavy atom. The van der Waals surface area contributed by atoms with Gasteiger partial charge in [-0.1, -0.05) is 35.2 Å². The highest BCUT2D eigenvalue weighted by Gasteiger charge is 2.20. The summed E-state index contributed by atoms with van der Waals surface area (Å²) in [5, 5.41) is 14.5. The SMILES string of the molecule is O=C(O)COc1ncc(CNC(=O)c2ccc3c(c2)NC(=O)c2ccccc2S3)s1. The molecule has 0 spiro atoms. The summed E-state index contributed by atoms with van der Waals surface area (Å²) in [6.45, 7) is -0.251. The normalized spacial score (nSPS) is 12.2. The van der Waals surface area contributed by atoms with Crippen molar-refractivity contribution < 1.29 is 24.2 Å². The second kappa shape index (κ2) is 8.56. The number of carboxylic acids is 1. The van der Waals surface area contributed by atoms with Gasteiger partial charge in [0.1, 0.15) is 0 Å². The first kappa shape index (κ1) is 19.9. The third-order valence-electron chi connectivity index (χ3n) is 4.12. The van der Waals surface area contributed by atoms with Gasteiger partial charge in [0.05, 0.1) is 17.8 Å². The number of rotatable bonds is 6. The van der Waals surface area contributed by atoms with E-state index >= 15 is 0 Å². The molecule has 0 unspecified atom stereocenters. The first-order valence-electron chi connectivity index (χ1n) is 8.79. The fourth-order valence-corrected chi connectivity index (χ4v) is 4.45. The maximum Gasteiger partial charge on any atom is 0.341 e. The van der Waals surface area contributed by atoms with Crippen LogP contribution in [0.3, 0.4) is 0 Å². The van der Waals surface area contributed by atoms with E-state index in [1.54, 1.807) is 18.2 Å². The molecular formula is C20H15N3O5S2. The average molecular weight is 441 g/mol. The number of fused-ring (bicyclic) bond motifs is 2. The lowest BCUT2D eigenvalue weighted by Gasteiger charge is -2.09. The van der Waals surface area contributed by atoms with Crippen molar-refractivity contribution in [1.29, 1.82) is 0 Å². The van der Waals surface area contributed by atoms with E-state index in [1.165, 1.54) is 18.0 Å². The number of nitrogens with one attached hydrogen (secondary N) is 2. The highest BCUT2D eigenvalue weighted by atomic mass is 32.2. The first-order chi connectivity index (χ1) is 14.5. The minimum atomic E-state index is -1.09. The zero-order valence-corrected chi connectivity index (χ0v) is 17.0. The molecule has 1 aliphatic heterocycles. The number of aromatic nitrogens is 1. The van der Waals surface area contributed by atoms with Crippen molar-refractivity contribution in [3.8, 4) is 5.19 Å². The Bertz CT molecular complexity index is 1140. The minimum Gasteiger partial charge on any atom is -0.479 e. The molecule has 2 amide bonds. The Morgan fingerprint density at radius 1 is 1.17 bits per heavy atom. The third-order valence-corrected chi connectivity index (χ3v) is 6.18. The van der Waals surface area contributed by atoms with Gasteiger partial charge in [-0.05, 0) is 30.3 Å². The number of amides is 2. The Balaban J connectivity index is 1.43. The number of aliphatic carboxylic acids is 1. The second-order valence-electron chi connectivity index (χ2n) is 6.22. The van der Waals surface area contributed by atoms with E-state index in [0.717, 1.165) is 26.0 Å². The zero-order chi connectivity index (χ0) is 21.1. The molecule has 0 bridgehead atoms. The molecule has 2 heterocycles. The van der Waals surface area contributed by atoms with Crippen molar-refractivity contribution in [2.75, 3.05) is 11.9 Å². The van der Waals surface area contributed by atoms with Crippen LogP contribution in [0.5, 0.6) is 5.19 Å². The van der Waals surface area contributed by atoms with Crippen LogP contribution < -0.4 is 15.4 Å². The fourth-order valence-electron chi connectivity index (χ4n) is 2.74. The van der Waals surface area contributed by atoms with Gasteiger partial charge in [-0.15, -0.1) is 0 Å². The van der Waals surface area contributed by atoms with Crippen molar-refractivity contribution in [3.05, 3.63) is 64.7 Å². The molecule has 30 heavy (non-hydrogen) atoms. The number of carbonyl (C=O) groups is 3. The maximum atomic E-state index is 12.6.